The maximum absolute atomic E-state index is 12.1. The summed E-state index contributed by atoms with van der Waals surface area (Å²) < 4.78 is 23.5. The highest BCUT2D eigenvalue weighted by molar-refractivity contribution is 7.92. The first-order valence-corrected chi connectivity index (χ1v) is 9.39. The Balaban J connectivity index is 2.42. The Bertz CT molecular complexity index is 351. The van der Waals surface area contributed by atoms with Crippen molar-refractivity contribution in [2.24, 2.45) is 5.92 Å². The van der Waals surface area contributed by atoms with Crippen molar-refractivity contribution in [1.29, 1.82) is 0 Å². The number of sulfone groups is 1. The van der Waals surface area contributed by atoms with Gasteiger partial charge in [0.15, 0.2) is 9.84 Å². The molecule has 0 amide bonds. The molecule has 1 unspecified atom stereocenters. The molecule has 0 radical (unpaired) electrons. The molecule has 1 aliphatic carbocycles. The summed E-state index contributed by atoms with van der Waals surface area (Å²) >= 11 is 0. The molecule has 0 aliphatic heterocycles. The molecule has 0 bridgehead atoms. The highest BCUT2D eigenvalue weighted by atomic mass is 32.2. The average molecular weight is 289 g/mol. The molecule has 1 N–H and O–H groups in total. The van der Waals surface area contributed by atoms with Gasteiger partial charge in [0.2, 0.25) is 0 Å². The highest BCUT2D eigenvalue weighted by Gasteiger charge is 2.29. The lowest BCUT2D eigenvalue weighted by Gasteiger charge is -2.30. The van der Waals surface area contributed by atoms with Crippen molar-refractivity contribution in [3.63, 3.8) is 0 Å². The van der Waals surface area contributed by atoms with Crippen LogP contribution in [0.1, 0.15) is 66.2 Å². The minimum absolute atomic E-state index is 0.250. The van der Waals surface area contributed by atoms with Gasteiger partial charge in [-0.2, -0.15) is 0 Å². The van der Waals surface area contributed by atoms with E-state index in [1.807, 2.05) is 0 Å². The Kier molecular flexibility index (Phi) is 6.31. The molecule has 1 fully saturated rings. The first-order valence-electron chi connectivity index (χ1n) is 7.73. The third-order valence-corrected chi connectivity index (χ3v) is 6.98. The first kappa shape index (κ1) is 17.0. The van der Waals surface area contributed by atoms with Gasteiger partial charge in [0, 0.05) is 12.6 Å². The van der Waals surface area contributed by atoms with Gasteiger partial charge in [-0.15, -0.1) is 0 Å². The van der Waals surface area contributed by atoms with E-state index in [-0.39, 0.29) is 5.75 Å². The van der Waals surface area contributed by atoms with Crippen LogP contribution in [0.4, 0.5) is 0 Å². The van der Waals surface area contributed by atoms with Crippen molar-refractivity contribution < 1.29 is 8.42 Å². The quantitative estimate of drug-likeness (QED) is 0.817. The molecule has 0 heterocycles. The van der Waals surface area contributed by atoms with Gasteiger partial charge in [0.05, 0.1) is 10.5 Å². The molecule has 1 saturated carbocycles. The van der Waals surface area contributed by atoms with E-state index >= 15 is 0 Å². The number of hydrogen-bond acceptors (Lipinski definition) is 3. The molecule has 0 saturated heterocycles. The van der Waals surface area contributed by atoms with Crippen LogP contribution in [0, 0.1) is 5.92 Å². The fourth-order valence-corrected chi connectivity index (χ4v) is 3.86. The molecular formula is C15H31NO2S. The molecule has 0 aromatic heterocycles. The number of hydrogen-bond donors (Lipinski definition) is 1. The summed E-state index contributed by atoms with van der Waals surface area (Å²) in [5.41, 5.74) is 0. The molecule has 0 aromatic rings. The SMILES string of the molecule is CCC(NCCS(=O)(=O)C(C)(C)C)C1CCCCC1. The normalized spacial score (nSPS) is 20.4. The number of nitrogens with one attached hydrogen (secondary N) is 1. The lowest BCUT2D eigenvalue weighted by atomic mass is 9.83. The molecule has 1 atom stereocenters. The predicted molar refractivity (Wildman–Crippen MR) is 82.2 cm³/mol. The van der Waals surface area contributed by atoms with Gasteiger partial charge < -0.3 is 5.32 Å². The minimum atomic E-state index is -2.99. The van der Waals surface area contributed by atoms with E-state index in [0.29, 0.717) is 12.6 Å². The van der Waals surface area contributed by atoms with Gasteiger partial charge in [-0.25, -0.2) is 8.42 Å². The monoisotopic (exact) mass is 289 g/mol. The summed E-state index contributed by atoms with van der Waals surface area (Å²) in [5.74, 6) is 0.996. The van der Waals surface area contributed by atoms with Crippen molar-refractivity contribution in [1.82, 2.24) is 5.32 Å². The number of rotatable bonds is 6. The van der Waals surface area contributed by atoms with E-state index < -0.39 is 14.6 Å². The largest absolute Gasteiger partial charge is 0.313 e. The fourth-order valence-electron chi connectivity index (χ4n) is 2.87. The second-order valence-corrected chi connectivity index (χ2v) is 9.66. The van der Waals surface area contributed by atoms with Crippen LogP contribution in [-0.2, 0) is 9.84 Å². The Morgan fingerprint density at radius 3 is 2.21 bits per heavy atom. The summed E-state index contributed by atoms with van der Waals surface area (Å²) in [4.78, 5) is 0. The summed E-state index contributed by atoms with van der Waals surface area (Å²) in [5, 5.41) is 3.49. The smallest absolute Gasteiger partial charge is 0.156 e. The summed E-state index contributed by atoms with van der Waals surface area (Å²) in [6, 6.07) is 0.496. The summed E-state index contributed by atoms with van der Waals surface area (Å²) in [6.07, 6.45) is 7.74. The highest BCUT2D eigenvalue weighted by Crippen LogP contribution is 2.27. The summed E-state index contributed by atoms with van der Waals surface area (Å²) in [7, 11) is -2.99. The predicted octanol–water partition coefficient (Wildman–Crippen LogP) is 3.15. The van der Waals surface area contributed by atoms with Gasteiger partial charge in [-0.05, 0) is 46.0 Å². The van der Waals surface area contributed by atoms with Crippen LogP contribution < -0.4 is 5.32 Å². The van der Waals surface area contributed by atoms with Crippen molar-refractivity contribution in [2.45, 2.75) is 77.0 Å². The zero-order valence-corrected chi connectivity index (χ0v) is 13.9. The molecule has 1 aliphatic rings. The molecule has 1 rings (SSSR count). The van der Waals surface area contributed by atoms with Gasteiger partial charge >= 0.3 is 0 Å². The van der Waals surface area contributed by atoms with Crippen molar-refractivity contribution in [3.05, 3.63) is 0 Å². The topological polar surface area (TPSA) is 46.2 Å². The van der Waals surface area contributed by atoms with Gasteiger partial charge in [-0.1, -0.05) is 26.2 Å². The average Bonchev–Trinajstić information content (AvgIpc) is 2.34. The van der Waals surface area contributed by atoms with Crippen LogP contribution in [0.3, 0.4) is 0 Å². The standard InChI is InChI=1S/C15H31NO2S/c1-5-14(13-9-7-6-8-10-13)16-11-12-19(17,18)15(2,3)4/h13-14,16H,5-12H2,1-4H3. The van der Waals surface area contributed by atoms with Crippen molar-refractivity contribution in [2.75, 3.05) is 12.3 Å². The maximum Gasteiger partial charge on any atom is 0.156 e. The third kappa shape index (κ3) is 5.07. The lowest BCUT2D eigenvalue weighted by molar-refractivity contribution is 0.266. The zero-order valence-electron chi connectivity index (χ0n) is 13.0. The minimum Gasteiger partial charge on any atom is -0.313 e. The van der Waals surface area contributed by atoms with Gasteiger partial charge in [0.25, 0.3) is 0 Å². The Hall–Kier alpha value is -0.0900. The lowest BCUT2D eigenvalue weighted by Crippen LogP contribution is -2.41. The molecular weight excluding hydrogens is 258 g/mol. The zero-order chi connectivity index (χ0) is 14.5. The molecule has 114 valence electrons. The third-order valence-electron chi connectivity index (χ3n) is 4.37. The van der Waals surface area contributed by atoms with E-state index in [1.54, 1.807) is 20.8 Å². The fraction of sp³-hybridized carbons (Fsp3) is 1.00. The van der Waals surface area contributed by atoms with Crippen LogP contribution in [0.15, 0.2) is 0 Å². The molecule has 0 aromatic carbocycles. The molecule has 0 spiro atoms. The van der Waals surface area contributed by atoms with E-state index in [9.17, 15) is 8.42 Å². The second-order valence-electron chi connectivity index (χ2n) is 6.80. The van der Waals surface area contributed by atoms with Gasteiger partial charge in [0.1, 0.15) is 0 Å². The molecule has 3 nitrogen and oxygen atoms in total. The van der Waals surface area contributed by atoms with Crippen LogP contribution in [0.2, 0.25) is 0 Å². The van der Waals surface area contributed by atoms with Crippen molar-refractivity contribution >= 4 is 9.84 Å². The van der Waals surface area contributed by atoms with Crippen LogP contribution in [0.5, 0.6) is 0 Å². The van der Waals surface area contributed by atoms with E-state index in [0.717, 1.165) is 12.3 Å². The maximum atomic E-state index is 12.1. The Morgan fingerprint density at radius 2 is 1.74 bits per heavy atom. The van der Waals surface area contributed by atoms with Crippen LogP contribution in [0.25, 0.3) is 0 Å². The molecule has 19 heavy (non-hydrogen) atoms. The van der Waals surface area contributed by atoms with Crippen LogP contribution in [-0.4, -0.2) is 31.5 Å². The van der Waals surface area contributed by atoms with E-state index in [4.69, 9.17) is 0 Å². The van der Waals surface area contributed by atoms with E-state index in [1.165, 1.54) is 32.1 Å². The van der Waals surface area contributed by atoms with Crippen molar-refractivity contribution in [3.8, 4) is 0 Å². The summed E-state index contributed by atoms with van der Waals surface area (Å²) in [6.45, 7) is 8.13. The Labute approximate surface area is 119 Å². The van der Waals surface area contributed by atoms with Crippen LogP contribution >= 0.6 is 0 Å². The van der Waals surface area contributed by atoms with E-state index in [2.05, 4.69) is 12.2 Å². The molecule has 4 heteroatoms. The second kappa shape index (κ2) is 7.07. The Morgan fingerprint density at radius 1 is 1.16 bits per heavy atom. The first-order chi connectivity index (χ1) is 8.78. The van der Waals surface area contributed by atoms with Gasteiger partial charge in [-0.3, -0.25) is 0 Å².